The van der Waals surface area contributed by atoms with Crippen LogP contribution in [0.1, 0.15) is 65.4 Å². The van der Waals surface area contributed by atoms with Gasteiger partial charge >= 0.3 is 0 Å². The van der Waals surface area contributed by atoms with E-state index in [1.807, 2.05) is 26.0 Å². The molecular weight excluding hydrogens is 278 g/mol. The molecule has 0 heterocycles. The summed E-state index contributed by atoms with van der Waals surface area (Å²) in [6.07, 6.45) is 6.55. The van der Waals surface area contributed by atoms with Gasteiger partial charge in [0.05, 0.1) is 0 Å². The number of nitrogens with zero attached hydrogens (tertiary/aromatic N) is 1. The van der Waals surface area contributed by atoms with Crippen molar-refractivity contribution in [3.63, 3.8) is 0 Å². The van der Waals surface area contributed by atoms with Crippen molar-refractivity contribution in [2.75, 3.05) is 13.6 Å². The molecule has 0 amide bonds. The fourth-order valence-electron chi connectivity index (χ4n) is 3.57. The molecule has 120 valence electrons. The van der Waals surface area contributed by atoms with Crippen molar-refractivity contribution < 1.29 is 0 Å². The van der Waals surface area contributed by atoms with E-state index < -0.39 is 0 Å². The highest BCUT2D eigenvalue weighted by molar-refractivity contribution is 6.30. The second-order valence-corrected chi connectivity index (χ2v) is 6.33. The molecule has 1 atom stereocenters. The number of likely N-dealkylation sites (N-methyl/N-ethyl adjacent to an activating group) is 1. The molecule has 1 aromatic rings. The lowest BCUT2D eigenvalue weighted by molar-refractivity contribution is 0.0762. The van der Waals surface area contributed by atoms with Gasteiger partial charge in [0, 0.05) is 16.5 Å². The van der Waals surface area contributed by atoms with E-state index in [1.54, 1.807) is 0 Å². The van der Waals surface area contributed by atoms with Crippen molar-refractivity contribution in [3.05, 3.63) is 34.9 Å². The number of benzene rings is 1. The highest BCUT2D eigenvalue weighted by atomic mass is 35.5. The van der Waals surface area contributed by atoms with Crippen molar-refractivity contribution >= 4 is 11.6 Å². The summed E-state index contributed by atoms with van der Waals surface area (Å²) in [6, 6.07) is 9.25. The van der Waals surface area contributed by atoms with Crippen molar-refractivity contribution in [2.24, 2.45) is 0 Å². The molecule has 1 fully saturated rings. The smallest absolute Gasteiger partial charge is 0.0406 e. The van der Waals surface area contributed by atoms with Crippen molar-refractivity contribution in [3.8, 4) is 0 Å². The lowest BCUT2D eigenvalue weighted by Crippen LogP contribution is -2.53. The average Bonchev–Trinajstić information content (AvgIpc) is 2.48. The van der Waals surface area contributed by atoms with Crippen LogP contribution >= 0.6 is 11.6 Å². The molecule has 1 aliphatic rings. The first-order chi connectivity index (χ1) is 10.1. The van der Waals surface area contributed by atoms with Crippen LogP contribution in [0.4, 0.5) is 0 Å². The summed E-state index contributed by atoms with van der Waals surface area (Å²) < 4.78 is 0. The highest BCUT2D eigenvalue weighted by Crippen LogP contribution is 2.49. The molecule has 1 unspecified atom stereocenters. The molecule has 2 rings (SSSR count). The van der Waals surface area contributed by atoms with E-state index in [-0.39, 0.29) is 0 Å². The van der Waals surface area contributed by atoms with E-state index in [0.29, 0.717) is 11.5 Å². The maximum Gasteiger partial charge on any atom is 0.0406 e. The van der Waals surface area contributed by atoms with Crippen LogP contribution in [0.3, 0.4) is 0 Å². The Hall–Kier alpha value is -0.530. The lowest BCUT2D eigenvalue weighted by atomic mass is 9.59. The molecule has 0 saturated heterocycles. The Morgan fingerprint density at radius 1 is 1.14 bits per heavy atom. The first-order valence-corrected chi connectivity index (χ1v) is 8.98. The maximum absolute atomic E-state index is 6.04. The summed E-state index contributed by atoms with van der Waals surface area (Å²) in [6.45, 7) is 9.68. The molecule has 1 aromatic carbocycles. The van der Waals surface area contributed by atoms with Gasteiger partial charge in [0.25, 0.3) is 0 Å². The van der Waals surface area contributed by atoms with Gasteiger partial charge in [0.2, 0.25) is 0 Å². The van der Waals surface area contributed by atoms with Gasteiger partial charge in [-0.3, -0.25) is 0 Å². The van der Waals surface area contributed by atoms with Gasteiger partial charge in [-0.15, -0.1) is 0 Å². The molecule has 0 radical (unpaired) electrons. The number of halogens is 1. The van der Waals surface area contributed by atoms with Gasteiger partial charge in [-0.05, 0) is 50.6 Å². The van der Waals surface area contributed by atoms with E-state index in [0.717, 1.165) is 11.6 Å². The van der Waals surface area contributed by atoms with Crippen LogP contribution in [0.2, 0.25) is 5.02 Å². The molecule has 0 spiro atoms. The minimum Gasteiger partial charge on any atom is -0.303 e. The summed E-state index contributed by atoms with van der Waals surface area (Å²) in [5.74, 6) is 0. The average molecular weight is 310 g/mol. The normalized spacial score (nSPS) is 17.7. The first kappa shape index (κ1) is 18.5. The number of hydrogen-bond donors (Lipinski definition) is 0. The van der Waals surface area contributed by atoms with E-state index in [9.17, 15) is 0 Å². The summed E-state index contributed by atoms with van der Waals surface area (Å²) in [5, 5.41) is 0.842. The Morgan fingerprint density at radius 2 is 1.71 bits per heavy atom. The minimum atomic E-state index is 0.366. The summed E-state index contributed by atoms with van der Waals surface area (Å²) >= 11 is 6.04. The zero-order valence-corrected chi connectivity index (χ0v) is 15.2. The van der Waals surface area contributed by atoms with Crippen LogP contribution in [0.15, 0.2) is 24.3 Å². The van der Waals surface area contributed by atoms with Crippen LogP contribution in [0.5, 0.6) is 0 Å². The Morgan fingerprint density at radius 3 is 2.10 bits per heavy atom. The largest absolute Gasteiger partial charge is 0.303 e. The Balaban J connectivity index is 0.00000106. The van der Waals surface area contributed by atoms with E-state index >= 15 is 0 Å². The van der Waals surface area contributed by atoms with Gasteiger partial charge < -0.3 is 4.90 Å². The SMILES string of the molecule is CC.CCCC(N(C)CC)C1(c2ccc(Cl)cc2)CCC1. The quantitative estimate of drug-likeness (QED) is 0.631. The summed E-state index contributed by atoms with van der Waals surface area (Å²) in [5.41, 5.74) is 1.85. The van der Waals surface area contributed by atoms with Crippen molar-refractivity contribution in [1.29, 1.82) is 0 Å². The van der Waals surface area contributed by atoms with Crippen LogP contribution in [-0.4, -0.2) is 24.5 Å². The first-order valence-electron chi connectivity index (χ1n) is 8.60. The van der Waals surface area contributed by atoms with Crippen LogP contribution in [-0.2, 0) is 5.41 Å². The van der Waals surface area contributed by atoms with Crippen LogP contribution in [0, 0.1) is 0 Å². The molecule has 2 heteroatoms. The predicted octanol–water partition coefficient (Wildman–Crippen LogP) is 5.91. The zero-order valence-electron chi connectivity index (χ0n) is 14.5. The molecule has 1 aliphatic carbocycles. The third kappa shape index (κ3) is 4.02. The van der Waals surface area contributed by atoms with Gasteiger partial charge in [-0.2, -0.15) is 0 Å². The molecule has 21 heavy (non-hydrogen) atoms. The fraction of sp³-hybridized carbons (Fsp3) is 0.684. The third-order valence-corrected chi connectivity index (χ3v) is 5.15. The fourth-order valence-corrected chi connectivity index (χ4v) is 3.69. The Bertz CT molecular complexity index is 395. The molecular formula is C19H32ClN. The predicted molar refractivity (Wildman–Crippen MR) is 95.3 cm³/mol. The summed E-state index contributed by atoms with van der Waals surface area (Å²) in [4.78, 5) is 2.54. The van der Waals surface area contributed by atoms with Crippen LogP contribution < -0.4 is 0 Å². The maximum atomic E-state index is 6.04. The van der Waals surface area contributed by atoms with Crippen LogP contribution in [0.25, 0.3) is 0 Å². The number of rotatable bonds is 6. The second kappa shape index (κ2) is 8.80. The Labute approximate surface area is 136 Å². The monoisotopic (exact) mass is 309 g/mol. The molecule has 0 aliphatic heterocycles. The lowest BCUT2D eigenvalue weighted by Gasteiger charge is -2.51. The standard InChI is InChI=1S/C17H26ClN.C2H6/c1-4-7-16(19(3)5-2)17(12-6-13-17)14-8-10-15(18)11-9-14;1-2/h8-11,16H,4-7,12-13H2,1-3H3;1-2H3. The van der Waals surface area contributed by atoms with Gasteiger partial charge in [-0.25, -0.2) is 0 Å². The third-order valence-electron chi connectivity index (χ3n) is 4.90. The van der Waals surface area contributed by atoms with E-state index in [2.05, 4.69) is 37.9 Å². The highest BCUT2D eigenvalue weighted by Gasteiger charge is 2.46. The van der Waals surface area contributed by atoms with Crippen molar-refractivity contribution in [2.45, 2.75) is 71.3 Å². The zero-order chi connectivity index (χ0) is 15.9. The molecule has 0 bridgehead atoms. The Kier molecular flexibility index (Phi) is 7.76. The van der Waals surface area contributed by atoms with E-state index in [1.165, 1.54) is 37.7 Å². The van der Waals surface area contributed by atoms with Gasteiger partial charge in [0.15, 0.2) is 0 Å². The van der Waals surface area contributed by atoms with E-state index in [4.69, 9.17) is 11.6 Å². The molecule has 1 saturated carbocycles. The molecule has 0 aromatic heterocycles. The second-order valence-electron chi connectivity index (χ2n) is 5.89. The number of hydrogen-bond acceptors (Lipinski definition) is 1. The summed E-state index contributed by atoms with van der Waals surface area (Å²) in [7, 11) is 2.27. The molecule has 0 N–H and O–H groups in total. The topological polar surface area (TPSA) is 3.24 Å². The van der Waals surface area contributed by atoms with Gasteiger partial charge in [-0.1, -0.05) is 64.3 Å². The molecule has 1 nitrogen and oxygen atoms in total. The van der Waals surface area contributed by atoms with Crippen molar-refractivity contribution in [1.82, 2.24) is 4.90 Å². The van der Waals surface area contributed by atoms with Gasteiger partial charge in [0.1, 0.15) is 0 Å². The minimum absolute atomic E-state index is 0.366.